The first-order chi connectivity index (χ1) is 9.38. The second-order valence-corrected chi connectivity index (χ2v) is 4.55. The summed E-state index contributed by atoms with van der Waals surface area (Å²) in [6, 6.07) is 4.73. The Morgan fingerprint density at radius 3 is 2.55 bits per heavy atom. The number of nitrogens with zero attached hydrogens (tertiary/aromatic N) is 2. The molecule has 0 aliphatic rings. The van der Waals surface area contributed by atoms with Crippen LogP contribution in [0.25, 0.3) is 5.69 Å². The molecule has 0 unspecified atom stereocenters. The van der Waals surface area contributed by atoms with Crippen LogP contribution in [0.5, 0.6) is 0 Å². The number of halogens is 4. The highest BCUT2D eigenvalue weighted by Crippen LogP contribution is 2.31. The van der Waals surface area contributed by atoms with Crippen molar-refractivity contribution in [1.82, 2.24) is 9.78 Å². The fourth-order valence-corrected chi connectivity index (χ4v) is 2.20. The topological polar surface area (TPSA) is 38.0 Å². The lowest BCUT2D eigenvalue weighted by molar-refractivity contribution is -0.137. The Hall–Kier alpha value is -1.53. The molecule has 0 bridgehead atoms. The van der Waals surface area contributed by atoms with Crippen LogP contribution in [0.15, 0.2) is 24.3 Å². The van der Waals surface area contributed by atoms with Crippen LogP contribution in [0, 0.1) is 0 Å². The Morgan fingerprint density at radius 2 is 2.05 bits per heavy atom. The lowest BCUT2D eigenvalue weighted by Gasteiger charge is -2.09. The summed E-state index contributed by atoms with van der Waals surface area (Å²) in [7, 11) is 0. The van der Waals surface area contributed by atoms with Crippen LogP contribution in [0.4, 0.5) is 13.2 Å². The maximum Gasteiger partial charge on any atom is 0.416 e. The summed E-state index contributed by atoms with van der Waals surface area (Å²) < 4.78 is 39.3. The molecule has 0 radical (unpaired) electrons. The van der Waals surface area contributed by atoms with Crippen molar-refractivity contribution in [3.8, 4) is 5.69 Å². The molecule has 1 aromatic carbocycles. The molecule has 1 heterocycles. The normalized spacial score (nSPS) is 11.9. The Morgan fingerprint density at radius 1 is 1.35 bits per heavy atom. The first kappa shape index (κ1) is 14.9. The van der Waals surface area contributed by atoms with Crippen LogP contribution in [0.3, 0.4) is 0 Å². The molecule has 0 fully saturated rings. The van der Waals surface area contributed by atoms with Gasteiger partial charge in [0.15, 0.2) is 0 Å². The summed E-state index contributed by atoms with van der Waals surface area (Å²) in [5.74, 6) is 0. The smallest absolute Gasteiger partial charge is 0.391 e. The monoisotopic (exact) mass is 304 g/mol. The molecule has 2 aromatic rings. The van der Waals surface area contributed by atoms with Crippen molar-refractivity contribution >= 4 is 11.6 Å². The molecule has 7 heteroatoms. The quantitative estimate of drug-likeness (QED) is 0.941. The molecule has 0 spiro atoms. The number of aliphatic hydroxyl groups is 1. The number of aryl methyl sites for hydroxylation is 1. The number of hydrogen-bond acceptors (Lipinski definition) is 2. The van der Waals surface area contributed by atoms with Gasteiger partial charge in [-0.1, -0.05) is 24.6 Å². The Bertz CT molecular complexity index is 623. The van der Waals surface area contributed by atoms with E-state index in [2.05, 4.69) is 5.10 Å². The van der Waals surface area contributed by atoms with E-state index in [0.29, 0.717) is 17.7 Å². The number of benzene rings is 1. The number of alkyl halides is 3. The van der Waals surface area contributed by atoms with Crippen molar-refractivity contribution in [2.75, 3.05) is 0 Å². The van der Waals surface area contributed by atoms with Crippen LogP contribution in [-0.4, -0.2) is 14.9 Å². The predicted molar refractivity (Wildman–Crippen MR) is 68.9 cm³/mol. The molecule has 0 saturated carbocycles. The maximum absolute atomic E-state index is 12.7. The standard InChI is InChI=1S/C13H12ClF3N2O/c1-2-11-10(7-20)12(14)19(18-11)9-5-3-4-8(6-9)13(15,16)17/h3-6,20H,2,7H2,1H3. The summed E-state index contributed by atoms with van der Waals surface area (Å²) in [6.45, 7) is 1.52. The molecule has 2 rings (SSSR count). The predicted octanol–water partition coefficient (Wildman–Crippen LogP) is 3.60. The molecule has 1 aromatic heterocycles. The van der Waals surface area contributed by atoms with Gasteiger partial charge in [-0.25, -0.2) is 4.68 Å². The van der Waals surface area contributed by atoms with Gasteiger partial charge in [0, 0.05) is 5.56 Å². The molecule has 108 valence electrons. The van der Waals surface area contributed by atoms with E-state index >= 15 is 0 Å². The highest BCUT2D eigenvalue weighted by Gasteiger charge is 2.30. The zero-order valence-corrected chi connectivity index (χ0v) is 11.3. The first-order valence-electron chi connectivity index (χ1n) is 5.93. The minimum atomic E-state index is -4.43. The summed E-state index contributed by atoms with van der Waals surface area (Å²) in [4.78, 5) is 0. The molecule has 0 atom stereocenters. The van der Waals surface area contributed by atoms with Crippen LogP contribution in [0.1, 0.15) is 23.7 Å². The van der Waals surface area contributed by atoms with Gasteiger partial charge in [-0.15, -0.1) is 0 Å². The molecule has 3 nitrogen and oxygen atoms in total. The van der Waals surface area contributed by atoms with E-state index in [1.165, 1.54) is 16.8 Å². The SMILES string of the molecule is CCc1nn(-c2cccc(C(F)(F)F)c2)c(Cl)c1CO. The van der Waals surface area contributed by atoms with Crippen LogP contribution >= 0.6 is 11.6 Å². The van der Waals surface area contributed by atoms with Crippen LogP contribution in [0.2, 0.25) is 5.15 Å². The third-order valence-electron chi connectivity index (χ3n) is 2.92. The van der Waals surface area contributed by atoms with Crippen molar-refractivity contribution in [2.45, 2.75) is 26.1 Å². The average molecular weight is 305 g/mol. The molecular weight excluding hydrogens is 293 g/mol. The number of aliphatic hydroxyl groups excluding tert-OH is 1. The lowest BCUT2D eigenvalue weighted by atomic mass is 10.2. The summed E-state index contributed by atoms with van der Waals surface area (Å²) in [5, 5.41) is 13.5. The Kier molecular flexibility index (Phi) is 4.06. The second-order valence-electron chi connectivity index (χ2n) is 4.19. The maximum atomic E-state index is 12.7. The van der Waals surface area contributed by atoms with Gasteiger partial charge in [-0.3, -0.25) is 0 Å². The molecule has 20 heavy (non-hydrogen) atoms. The van der Waals surface area contributed by atoms with Gasteiger partial charge in [-0.2, -0.15) is 18.3 Å². The largest absolute Gasteiger partial charge is 0.416 e. The van der Waals surface area contributed by atoms with E-state index in [-0.39, 0.29) is 17.4 Å². The minimum absolute atomic E-state index is 0.128. The van der Waals surface area contributed by atoms with E-state index in [1.807, 2.05) is 6.92 Å². The molecular formula is C13H12ClF3N2O. The number of rotatable bonds is 3. The van der Waals surface area contributed by atoms with Gasteiger partial charge in [0.1, 0.15) is 5.15 Å². The molecule has 1 N–H and O–H groups in total. The van der Waals surface area contributed by atoms with E-state index < -0.39 is 11.7 Å². The minimum Gasteiger partial charge on any atom is -0.391 e. The Labute approximate surface area is 118 Å². The molecule has 0 aliphatic carbocycles. The van der Waals surface area contributed by atoms with E-state index in [0.717, 1.165) is 12.1 Å². The summed E-state index contributed by atoms with van der Waals surface area (Å²) in [5.41, 5.74) is 0.436. The van der Waals surface area contributed by atoms with Crippen molar-refractivity contribution in [3.05, 3.63) is 46.2 Å². The lowest BCUT2D eigenvalue weighted by Crippen LogP contribution is -2.06. The third-order valence-corrected chi connectivity index (χ3v) is 3.30. The van der Waals surface area contributed by atoms with Crippen molar-refractivity contribution in [3.63, 3.8) is 0 Å². The van der Waals surface area contributed by atoms with E-state index in [9.17, 15) is 18.3 Å². The average Bonchev–Trinajstić information content (AvgIpc) is 2.74. The van der Waals surface area contributed by atoms with Gasteiger partial charge >= 0.3 is 6.18 Å². The fourth-order valence-electron chi connectivity index (χ4n) is 1.90. The molecule has 0 aliphatic heterocycles. The zero-order valence-electron chi connectivity index (χ0n) is 10.6. The number of aromatic nitrogens is 2. The van der Waals surface area contributed by atoms with Crippen molar-refractivity contribution in [2.24, 2.45) is 0 Å². The summed E-state index contributed by atoms with van der Waals surface area (Å²) in [6.07, 6.45) is -3.90. The van der Waals surface area contributed by atoms with Gasteiger partial charge in [-0.05, 0) is 24.6 Å². The van der Waals surface area contributed by atoms with Gasteiger partial charge in [0.05, 0.1) is 23.6 Å². The zero-order chi connectivity index (χ0) is 14.9. The van der Waals surface area contributed by atoms with Gasteiger partial charge in [0.25, 0.3) is 0 Å². The fraction of sp³-hybridized carbons (Fsp3) is 0.308. The van der Waals surface area contributed by atoms with Crippen molar-refractivity contribution in [1.29, 1.82) is 0 Å². The van der Waals surface area contributed by atoms with Gasteiger partial charge in [0.2, 0.25) is 0 Å². The Balaban J connectivity index is 2.55. The van der Waals surface area contributed by atoms with Crippen LogP contribution < -0.4 is 0 Å². The highest BCUT2D eigenvalue weighted by molar-refractivity contribution is 6.30. The second kappa shape index (κ2) is 5.46. The van der Waals surface area contributed by atoms with Crippen LogP contribution in [-0.2, 0) is 19.2 Å². The third kappa shape index (κ3) is 2.66. The van der Waals surface area contributed by atoms with E-state index in [4.69, 9.17) is 11.6 Å². The molecule has 0 amide bonds. The summed E-state index contributed by atoms with van der Waals surface area (Å²) >= 11 is 6.07. The first-order valence-corrected chi connectivity index (χ1v) is 6.31. The highest BCUT2D eigenvalue weighted by atomic mass is 35.5. The molecule has 0 saturated heterocycles. The van der Waals surface area contributed by atoms with Crippen molar-refractivity contribution < 1.29 is 18.3 Å². The number of hydrogen-bond donors (Lipinski definition) is 1. The van der Waals surface area contributed by atoms with E-state index in [1.54, 1.807) is 0 Å². The van der Waals surface area contributed by atoms with Gasteiger partial charge < -0.3 is 5.11 Å².